The first kappa shape index (κ1) is 26.6. The number of carbonyl (C=O) groups excluding carboxylic acids is 1. The fraction of sp³-hybridized carbons (Fsp3) is 0.966. The number of aliphatic hydroxyl groups is 1. The largest absolute Gasteiger partial charge is 0.465 e. The van der Waals surface area contributed by atoms with Crippen LogP contribution in [0.3, 0.4) is 0 Å². The van der Waals surface area contributed by atoms with Crippen molar-refractivity contribution in [2.24, 2.45) is 46.8 Å². The molecule has 40 heavy (non-hydrogen) atoms. The Hall–Kier alpha value is -1.01. The van der Waals surface area contributed by atoms with Crippen molar-refractivity contribution in [2.45, 2.75) is 93.2 Å². The smallest absolute Gasteiger partial charge is 0.335 e. The fourth-order valence-corrected chi connectivity index (χ4v) is 10.8. The van der Waals surface area contributed by atoms with Crippen LogP contribution in [0.15, 0.2) is 0 Å². The van der Waals surface area contributed by atoms with Crippen LogP contribution in [0.25, 0.3) is 0 Å². The summed E-state index contributed by atoms with van der Waals surface area (Å²) in [6.07, 6.45) is 7.17. The number of ether oxygens (including phenoxy) is 5. The maximum atomic E-state index is 14.1. The van der Waals surface area contributed by atoms with Crippen LogP contribution in [0.5, 0.6) is 0 Å². The highest BCUT2D eigenvalue weighted by molar-refractivity contribution is 5.78. The normalized spacial score (nSPS) is 52.7. The predicted octanol–water partition coefficient (Wildman–Crippen LogP) is 4.30. The second-order valence-corrected chi connectivity index (χ2v) is 14.7. The zero-order valence-corrected chi connectivity index (χ0v) is 22.6. The number of carbonyl (C=O) groups is 1. The van der Waals surface area contributed by atoms with Crippen molar-refractivity contribution in [1.82, 2.24) is 0 Å². The number of hydrogen-bond acceptors (Lipinski definition) is 7. The van der Waals surface area contributed by atoms with E-state index in [4.69, 9.17) is 23.7 Å². The second-order valence-electron chi connectivity index (χ2n) is 14.7. The number of rotatable bonds is 3. The monoisotopic (exact) mass is 574 g/mol. The van der Waals surface area contributed by atoms with Crippen LogP contribution in [0, 0.1) is 46.8 Å². The molecule has 0 aromatic heterocycles. The van der Waals surface area contributed by atoms with Gasteiger partial charge in [0.1, 0.15) is 18.8 Å². The Balaban J connectivity index is 0.934. The van der Waals surface area contributed by atoms with E-state index in [9.17, 15) is 27.5 Å². The van der Waals surface area contributed by atoms with E-state index in [0.29, 0.717) is 37.9 Å². The van der Waals surface area contributed by atoms with Crippen molar-refractivity contribution < 1.29 is 51.1 Å². The maximum Gasteiger partial charge on any atom is 0.335 e. The fourth-order valence-electron chi connectivity index (χ4n) is 10.8. The van der Waals surface area contributed by atoms with Crippen LogP contribution in [0.4, 0.5) is 17.6 Å². The molecule has 0 radical (unpaired) electrons. The van der Waals surface area contributed by atoms with Gasteiger partial charge in [0.25, 0.3) is 0 Å². The number of halogens is 4. The molecule has 7 nitrogen and oxygen atoms in total. The number of hydrogen-bond donors (Lipinski definition) is 1. The van der Waals surface area contributed by atoms with E-state index >= 15 is 0 Å². The van der Waals surface area contributed by atoms with Crippen LogP contribution in [-0.2, 0) is 28.5 Å². The Kier molecular flexibility index (Phi) is 5.54. The number of esters is 1. The van der Waals surface area contributed by atoms with E-state index in [1.165, 1.54) is 32.1 Å². The van der Waals surface area contributed by atoms with Crippen molar-refractivity contribution >= 4 is 5.97 Å². The Morgan fingerprint density at radius 1 is 0.750 bits per heavy atom. The Morgan fingerprint density at radius 3 is 1.90 bits per heavy atom. The molecule has 1 N–H and O–H groups in total. The van der Waals surface area contributed by atoms with Gasteiger partial charge in [-0.2, -0.15) is 17.6 Å². The minimum Gasteiger partial charge on any atom is -0.465 e. The standard InChI is InChI=1S/C29H38F4O7/c30-26(31)14-39-29(40-15-27(26,32)33)22-6-18-7-24(9-22,13-25(29,35)8-18)23(34)36-10-19-11-37-28(38-12-19)20-2-16-1-17(4-20)5-21(28)3-16/h16-22,35H,1-15H2. The molecule has 2 saturated heterocycles. The van der Waals surface area contributed by atoms with Gasteiger partial charge in [-0.3, -0.25) is 4.79 Å². The Labute approximate surface area is 230 Å². The molecule has 8 saturated carbocycles. The van der Waals surface area contributed by atoms with Gasteiger partial charge in [-0.1, -0.05) is 0 Å². The van der Waals surface area contributed by atoms with Crippen molar-refractivity contribution in [3.05, 3.63) is 0 Å². The van der Waals surface area contributed by atoms with Crippen LogP contribution < -0.4 is 0 Å². The van der Waals surface area contributed by atoms with Crippen LogP contribution in [-0.4, -0.2) is 73.1 Å². The van der Waals surface area contributed by atoms with E-state index in [1.807, 2.05) is 0 Å². The molecule has 2 heterocycles. The molecule has 11 heteroatoms. The predicted molar refractivity (Wildman–Crippen MR) is 128 cm³/mol. The molecule has 0 amide bonds. The summed E-state index contributed by atoms with van der Waals surface area (Å²) in [5.74, 6) is -10.1. The lowest BCUT2D eigenvalue weighted by Gasteiger charge is -2.66. The van der Waals surface area contributed by atoms with Crippen molar-refractivity contribution in [1.29, 1.82) is 0 Å². The number of alkyl halides is 4. The van der Waals surface area contributed by atoms with Crippen molar-refractivity contribution in [2.75, 3.05) is 33.0 Å². The van der Waals surface area contributed by atoms with Crippen molar-refractivity contribution in [3.8, 4) is 0 Å². The van der Waals surface area contributed by atoms with E-state index < -0.39 is 59.5 Å². The summed E-state index contributed by atoms with van der Waals surface area (Å²) in [4.78, 5) is 13.6. The summed E-state index contributed by atoms with van der Waals surface area (Å²) in [5.41, 5.74) is -2.87. The maximum absolute atomic E-state index is 14.1. The van der Waals surface area contributed by atoms with Gasteiger partial charge in [0, 0.05) is 23.7 Å². The van der Waals surface area contributed by atoms with E-state index in [1.54, 1.807) is 0 Å². The molecule has 10 fully saturated rings. The molecule has 224 valence electrons. The van der Waals surface area contributed by atoms with Crippen molar-refractivity contribution in [3.63, 3.8) is 0 Å². The third-order valence-corrected chi connectivity index (χ3v) is 12.1. The van der Waals surface area contributed by atoms with E-state index in [0.717, 1.165) is 11.8 Å². The lowest BCUT2D eigenvalue weighted by Crippen LogP contribution is -2.74. The molecular weight excluding hydrogens is 536 g/mol. The SMILES string of the molecule is O=C(OCC1COC2(OC1)C1CC3CC(C1)CC2C3)C12CC3CC(C1)C1(OCC(F)(F)C(F)(F)CO1)C(O)(C3)C2. The first-order valence-corrected chi connectivity index (χ1v) is 15.1. The molecule has 0 aromatic carbocycles. The Bertz CT molecular complexity index is 1030. The summed E-state index contributed by atoms with van der Waals surface area (Å²) in [7, 11) is 0. The quantitative estimate of drug-likeness (QED) is 0.398. The summed E-state index contributed by atoms with van der Waals surface area (Å²) >= 11 is 0. The van der Waals surface area contributed by atoms with Gasteiger partial charge in [-0.15, -0.1) is 0 Å². The van der Waals surface area contributed by atoms with E-state index in [2.05, 4.69) is 0 Å². The third-order valence-electron chi connectivity index (χ3n) is 12.1. The van der Waals surface area contributed by atoms with Gasteiger partial charge in [0.2, 0.25) is 5.79 Å². The van der Waals surface area contributed by atoms with Gasteiger partial charge in [-0.25, -0.2) is 0 Å². The summed E-state index contributed by atoms with van der Waals surface area (Å²) < 4.78 is 86.1. The molecule has 10 rings (SSSR count). The molecule has 8 bridgehead atoms. The van der Waals surface area contributed by atoms with Gasteiger partial charge < -0.3 is 28.8 Å². The molecule has 2 aliphatic heterocycles. The molecule has 8 aliphatic carbocycles. The topological polar surface area (TPSA) is 83.5 Å². The molecule has 4 unspecified atom stereocenters. The highest BCUT2D eigenvalue weighted by Gasteiger charge is 2.76. The summed E-state index contributed by atoms with van der Waals surface area (Å²) in [6.45, 7) is -2.04. The molecule has 2 spiro atoms. The third kappa shape index (κ3) is 3.50. The van der Waals surface area contributed by atoms with E-state index in [-0.39, 0.29) is 37.7 Å². The first-order valence-electron chi connectivity index (χ1n) is 15.1. The minimum atomic E-state index is -4.42. The zero-order chi connectivity index (χ0) is 27.8. The second kappa shape index (κ2) is 8.33. The van der Waals surface area contributed by atoms with Crippen LogP contribution >= 0.6 is 0 Å². The van der Waals surface area contributed by atoms with Crippen LogP contribution in [0.1, 0.15) is 64.2 Å². The van der Waals surface area contributed by atoms with Gasteiger partial charge in [-0.05, 0) is 82.0 Å². The first-order chi connectivity index (χ1) is 18.9. The average molecular weight is 575 g/mol. The highest BCUT2D eigenvalue weighted by atomic mass is 19.3. The van der Waals surface area contributed by atoms with Crippen LogP contribution in [0.2, 0.25) is 0 Å². The van der Waals surface area contributed by atoms with Gasteiger partial charge in [0.15, 0.2) is 5.79 Å². The Morgan fingerprint density at radius 2 is 1.32 bits per heavy atom. The average Bonchev–Trinajstić information content (AvgIpc) is 2.98. The molecule has 4 atom stereocenters. The van der Waals surface area contributed by atoms with Gasteiger partial charge in [0.05, 0.1) is 25.2 Å². The summed E-state index contributed by atoms with van der Waals surface area (Å²) in [5, 5.41) is 11.7. The summed E-state index contributed by atoms with van der Waals surface area (Å²) in [6, 6.07) is 0. The molecule has 10 aliphatic rings. The minimum absolute atomic E-state index is 0.0784. The zero-order valence-electron chi connectivity index (χ0n) is 22.6. The van der Waals surface area contributed by atoms with Gasteiger partial charge >= 0.3 is 17.8 Å². The molecular formula is C29H38F4O7. The molecule has 0 aromatic rings. The highest BCUT2D eigenvalue weighted by Crippen LogP contribution is 2.68. The lowest BCUT2D eigenvalue weighted by molar-refractivity contribution is -0.398. The lowest BCUT2D eigenvalue weighted by atomic mass is 9.45.